The van der Waals surface area contributed by atoms with Gasteiger partial charge in [0.1, 0.15) is 5.82 Å². The highest BCUT2D eigenvalue weighted by Crippen LogP contribution is 2.24. The first-order chi connectivity index (χ1) is 15.9. The van der Waals surface area contributed by atoms with Crippen LogP contribution in [0, 0.1) is 0 Å². The molecule has 0 spiro atoms. The van der Waals surface area contributed by atoms with Gasteiger partial charge in [-0.15, -0.1) is 0 Å². The Morgan fingerprint density at radius 2 is 1.85 bits per heavy atom. The van der Waals surface area contributed by atoms with Gasteiger partial charge in [0.25, 0.3) is 5.91 Å². The van der Waals surface area contributed by atoms with Crippen LogP contribution in [-0.4, -0.2) is 51.8 Å². The Morgan fingerprint density at radius 3 is 2.48 bits per heavy atom. The lowest BCUT2D eigenvalue weighted by molar-refractivity contribution is 0.0917. The summed E-state index contributed by atoms with van der Waals surface area (Å²) >= 11 is 0. The molecule has 33 heavy (non-hydrogen) atoms. The van der Waals surface area contributed by atoms with Crippen molar-refractivity contribution in [3.8, 4) is 0 Å². The lowest BCUT2D eigenvalue weighted by Gasteiger charge is -2.29. The fraction of sp³-hybridized carbons (Fsp3) is 0.320. The van der Waals surface area contributed by atoms with Gasteiger partial charge in [0, 0.05) is 59.6 Å². The number of likely N-dealkylation sites (tertiary alicyclic amines) is 1. The number of nitrogen functional groups attached to an aromatic ring is 1. The number of anilines is 3. The van der Waals surface area contributed by atoms with Crippen molar-refractivity contribution >= 4 is 34.7 Å². The largest absolute Gasteiger partial charge is 0.398 e. The van der Waals surface area contributed by atoms with Gasteiger partial charge in [0.15, 0.2) is 0 Å². The molecule has 2 aromatic heterocycles. The minimum Gasteiger partial charge on any atom is -0.398 e. The number of nitrogens with two attached hydrogens (primary N) is 1. The molecule has 3 heterocycles. The van der Waals surface area contributed by atoms with E-state index in [2.05, 4.69) is 32.7 Å². The quantitative estimate of drug-likeness (QED) is 0.537. The standard InChI is InChI=1S/C25H31N7O/c1-17(20-15-28-32(3)16-20)12-19-14-27-24(13-23(19)26)29-21-6-4-18(5-7-21)25(33)30-22-8-10-31(2)11-9-22/h4-7,12-16,22H,8-11H2,1-3H3,(H,30,33)(H3,26,27,29). The third-order valence-electron chi connectivity index (χ3n) is 5.97. The fourth-order valence-electron chi connectivity index (χ4n) is 3.89. The van der Waals surface area contributed by atoms with E-state index in [1.165, 1.54) is 0 Å². The number of amides is 1. The molecule has 1 fully saturated rings. The second kappa shape index (κ2) is 9.87. The SMILES string of the molecule is CC(=Cc1cnc(Nc2ccc(C(=O)NC3CCN(C)CC3)cc2)cc1N)c1cnn(C)c1. The van der Waals surface area contributed by atoms with Crippen LogP contribution in [-0.2, 0) is 7.05 Å². The maximum atomic E-state index is 12.6. The number of hydrogen-bond donors (Lipinski definition) is 3. The number of pyridine rings is 1. The van der Waals surface area contributed by atoms with Gasteiger partial charge in [-0.3, -0.25) is 9.48 Å². The van der Waals surface area contributed by atoms with Crippen molar-refractivity contribution in [2.45, 2.75) is 25.8 Å². The van der Waals surface area contributed by atoms with Crippen LogP contribution >= 0.6 is 0 Å². The van der Waals surface area contributed by atoms with Crippen molar-refractivity contribution in [2.75, 3.05) is 31.2 Å². The van der Waals surface area contributed by atoms with Crippen LogP contribution < -0.4 is 16.4 Å². The van der Waals surface area contributed by atoms with E-state index in [4.69, 9.17) is 5.73 Å². The molecule has 1 aromatic carbocycles. The van der Waals surface area contributed by atoms with E-state index >= 15 is 0 Å². The maximum absolute atomic E-state index is 12.6. The van der Waals surface area contributed by atoms with Gasteiger partial charge >= 0.3 is 0 Å². The van der Waals surface area contributed by atoms with Crippen LogP contribution in [0.5, 0.6) is 0 Å². The number of carbonyl (C=O) groups is 1. The first kappa shape index (κ1) is 22.5. The summed E-state index contributed by atoms with van der Waals surface area (Å²) in [5.74, 6) is 0.616. The molecule has 0 saturated carbocycles. The second-order valence-corrected chi connectivity index (χ2v) is 8.68. The van der Waals surface area contributed by atoms with E-state index in [0.717, 1.165) is 48.3 Å². The highest BCUT2D eigenvalue weighted by Gasteiger charge is 2.19. The molecule has 3 aromatic rings. The molecule has 0 bridgehead atoms. The average Bonchev–Trinajstić information content (AvgIpc) is 3.24. The minimum absolute atomic E-state index is 0.0291. The molecule has 4 N–H and O–H groups in total. The Kier molecular flexibility index (Phi) is 6.74. The van der Waals surface area contributed by atoms with Gasteiger partial charge in [-0.05, 0) is 75.8 Å². The summed E-state index contributed by atoms with van der Waals surface area (Å²) in [4.78, 5) is 19.3. The van der Waals surface area contributed by atoms with Crippen LogP contribution in [0.4, 0.5) is 17.2 Å². The predicted molar refractivity (Wildman–Crippen MR) is 133 cm³/mol. The number of aryl methyl sites for hydroxylation is 1. The van der Waals surface area contributed by atoms with Crippen molar-refractivity contribution < 1.29 is 4.79 Å². The van der Waals surface area contributed by atoms with Gasteiger partial charge in [0.05, 0.1) is 6.20 Å². The molecule has 1 amide bonds. The van der Waals surface area contributed by atoms with Crippen molar-refractivity contribution in [2.24, 2.45) is 7.05 Å². The molecule has 1 aliphatic heterocycles. The van der Waals surface area contributed by atoms with Crippen LogP contribution in [0.25, 0.3) is 11.6 Å². The van der Waals surface area contributed by atoms with Crippen molar-refractivity contribution in [3.63, 3.8) is 0 Å². The summed E-state index contributed by atoms with van der Waals surface area (Å²) in [5.41, 5.74) is 11.3. The average molecular weight is 446 g/mol. The number of aromatic nitrogens is 3. The molecular weight excluding hydrogens is 414 g/mol. The van der Waals surface area contributed by atoms with E-state index in [-0.39, 0.29) is 11.9 Å². The summed E-state index contributed by atoms with van der Waals surface area (Å²) in [6.07, 6.45) is 9.51. The van der Waals surface area contributed by atoms with E-state index in [0.29, 0.717) is 17.1 Å². The van der Waals surface area contributed by atoms with Crippen LogP contribution in [0.15, 0.2) is 48.9 Å². The zero-order valence-corrected chi connectivity index (χ0v) is 19.4. The Bertz CT molecular complexity index is 1140. The molecule has 8 heteroatoms. The smallest absolute Gasteiger partial charge is 0.251 e. The third-order valence-corrected chi connectivity index (χ3v) is 5.97. The number of allylic oxidation sites excluding steroid dienone is 1. The van der Waals surface area contributed by atoms with Gasteiger partial charge in [-0.1, -0.05) is 0 Å². The maximum Gasteiger partial charge on any atom is 0.251 e. The second-order valence-electron chi connectivity index (χ2n) is 8.68. The van der Waals surface area contributed by atoms with E-state index in [1.807, 2.05) is 62.8 Å². The summed E-state index contributed by atoms with van der Waals surface area (Å²) in [7, 11) is 4.00. The van der Waals surface area contributed by atoms with Gasteiger partial charge in [-0.25, -0.2) is 4.98 Å². The first-order valence-corrected chi connectivity index (χ1v) is 11.2. The van der Waals surface area contributed by atoms with Crippen LogP contribution in [0.2, 0.25) is 0 Å². The number of benzene rings is 1. The Morgan fingerprint density at radius 1 is 1.12 bits per heavy atom. The molecule has 4 rings (SSSR count). The molecule has 0 radical (unpaired) electrons. The normalized spacial score (nSPS) is 15.4. The zero-order chi connectivity index (χ0) is 23.4. The third kappa shape index (κ3) is 5.78. The minimum atomic E-state index is -0.0291. The highest BCUT2D eigenvalue weighted by atomic mass is 16.1. The molecule has 0 unspecified atom stereocenters. The number of hydrogen-bond acceptors (Lipinski definition) is 6. The van der Waals surface area contributed by atoms with E-state index in [9.17, 15) is 4.79 Å². The molecule has 8 nitrogen and oxygen atoms in total. The molecule has 0 atom stereocenters. The van der Waals surface area contributed by atoms with E-state index in [1.54, 1.807) is 10.9 Å². The molecule has 0 aliphatic carbocycles. The summed E-state index contributed by atoms with van der Waals surface area (Å²) in [6, 6.07) is 9.45. The van der Waals surface area contributed by atoms with E-state index < -0.39 is 0 Å². The monoisotopic (exact) mass is 445 g/mol. The zero-order valence-electron chi connectivity index (χ0n) is 19.4. The number of nitrogens with zero attached hydrogens (tertiary/aromatic N) is 4. The summed E-state index contributed by atoms with van der Waals surface area (Å²) < 4.78 is 1.77. The van der Waals surface area contributed by atoms with Crippen molar-refractivity contribution in [3.05, 3.63) is 65.6 Å². The molecular formula is C25H31N7O. The van der Waals surface area contributed by atoms with Crippen LogP contribution in [0.1, 0.15) is 41.3 Å². The summed E-state index contributed by atoms with van der Waals surface area (Å²) in [6.45, 7) is 4.05. The molecule has 1 saturated heterocycles. The van der Waals surface area contributed by atoms with Gasteiger partial charge in [0.2, 0.25) is 0 Å². The number of rotatable bonds is 6. The van der Waals surface area contributed by atoms with Gasteiger partial charge in [-0.2, -0.15) is 5.10 Å². The number of nitrogens with one attached hydrogen (secondary N) is 2. The lowest BCUT2D eigenvalue weighted by atomic mass is 10.0. The number of carbonyl (C=O) groups excluding carboxylic acids is 1. The predicted octanol–water partition coefficient (Wildman–Crippen LogP) is 3.53. The van der Waals surface area contributed by atoms with Gasteiger partial charge < -0.3 is 21.3 Å². The molecule has 172 valence electrons. The first-order valence-electron chi connectivity index (χ1n) is 11.2. The lowest BCUT2D eigenvalue weighted by Crippen LogP contribution is -2.43. The number of piperidine rings is 1. The highest BCUT2D eigenvalue weighted by molar-refractivity contribution is 5.94. The van der Waals surface area contributed by atoms with Crippen LogP contribution in [0.3, 0.4) is 0 Å². The Hall–Kier alpha value is -3.65. The Balaban J connectivity index is 1.38. The summed E-state index contributed by atoms with van der Waals surface area (Å²) in [5, 5.41) is 10.6. The van der Waals surface area contributed by atoms with Crippen molar-refractivity contribution in [1.29, 1.82) is 0 Å². The Labute approximate surface area is 194 Å². The topological polar surface area (TPSA) is 101 Å². The van der Waals surface area contributed by atoms with Crippen molar-refractivity contribution in [1.82, 2.24) is 25.0 Å². The molecule has 1 aliphatic rings. The fourth-order valence-corrected chi connectivity index (χ4v) is 3.89.